The number of hydrogen-bond acceptors (Lipinski definition) is 5. The Morgan fingerprint density at radius 1 is 1.08 bits per heavy atom. The third kappa shape index (κ3) is 7.30. The standard InChI is InChI=1S/C16H24BrN3O5S/c1-10(2)13(14(21)18-19-15(22)25-16(3,4)5)20-26(23,24)12-8-6-11(17)7-9-12/h6-10,13,20H,1-5H3,(H,18,21)(H,19,22)/t13-/m1/s1. The number of carbonyl (C=O) groups excluding carboxylic acids is 2. The highest BCUT2D eigenvalue weighted by molar-refractivity contribution is 9.10. The number of nitrogens with one attached hydrogen (secondary N) is 3. The molecular formula is C16H24BrN3O5S. The number of sulfonamides is 1. The summed E-state index contributed by atoms with van der Waals surface area (Å²) in [5.41, 5.74) is 3.55. The van der Waals surface area contributed by atoms with E-state index in [9.17, 15) is 18.0 Å². The van der Waals surface area contributed by atoms with Crippen molar-refractivity contribution >= 4 is 38.0 Å². The van der Waals surface area contributed by atoms with Crippen LogP contribution in [0.1, 0.15) is 34.6 Å². The second kappa shape index (κ2) is 8.83. The van der Waals surface area contributed by atoms with Gasteiger partial charge in [0.25, 0.3) is 5.91 Å². The highest BCUT2D eigenvalue weighted by atomic mass is 79.9. The van der Waals surface area contributed by atoms with Crippen LogP contribution in [-0.4, -0.2) is 32.1 Å². The molecule has 1 aromatic rings. The number of hydrogen-bond donors (Lipinski definition) is 3. The maximum Gasteiger partial charge on any atom is 0.426 e. The summed E-state index contributed by atoms with van der Waals surface area (Å²) in [6.45, 7) is 8.40. The lowest BCUT2D eigenvalue weighted by atomic mass is 10.1. The van der Waals surface area contributed by atoms with E-state index in [4.69, 9.17) is 4.74 Å². The van der Waals surface area contributed by atoms with Gasteiger partial charge in [0, 0.05) is 4.47 Å². The number of ether oxygens (including phenoxy) is 1. The summed E-state index contributed by atoms with van der Waals surface area (Å²) < 4.78 is 33.0. The van der Waals surface area contributed by atoms with Crippen molar-refractivity contribution in [3.8, 4) is 0 Å². The van der Waals surface area contributed by atoms with E-state index in [0.717, 1.165) is 4.47 Å². The summed E-state index contributed by atoms with van der Waals surface area (Å²) in [5.74, 6) is -1.06. The van der Waals surface area contributed by atoms with E-state index in [-0.39, 0.29) is 10.8 Å². The van der Waals surface area contributed by atoms with Crippen LogP contribution in [0, 0.1) is 5.92 Å². The Morgan fingerprint density at radius 3 is 2.08 bits per heavy atom. The summed E-state index contributed by atoms with van der Waals surface area (Å²) in [4.78, 5) is 23.9. The predicted octanol–water partition coefficient (Wildman–Crippen LogP) is 2.31. The number of benzene rings is 1. The molecule has 10 heteroatoms. The van der Waals surface area contributed by atoms with Crippen LogP contribution in [0.2, 0.25) is 0 Å². The molecule has 1 atom stereocenters. The first kappa shape index (κ1) is 22.4. The van der Waals surface area contributed by atoms with Gasteiger partial charge in [-0.2, -0.15) is 4.72 Å². The summed E-state index contributed by atoms with van der Waals surface area (Å²) in [6, 6.07) is 4.92. The Kier molecular flexibility index (Phi) is 7.60. The minimum atomic E-state index is -3.91. The van der Waals surface area contributed by atoms with E-state index in [2.05, 4.69) is 31.5 Å². The largest absolute Gasteiger partial charge is 0.443 e. The van der Waals surface area contributed by atoms with Gasteiger partial charge in [0.05, 0.1) is 4.90 Å². The summed E-state index contributed by atoms with van der Waals surface area (Å²) in [6.07, 6.45) is -0.843. The molecule has 0 fully saturated rings. The number of hydrazine groups is 1. The number of carbonyl (C=O) groups is 2. The molecule has 0 bridgehead atoms. The van der Waals surface area contributed by atoms with E-state index in [1.165, 1.54) is 12.1 Å². The average molecular weight is 450 g/mol. The van der Waals surface area contributed by atoms with Crippen molar-refractivity contribution in [3.05, 3.63) is 28.7 Å². The molecule has 0 saturated heterocycles. The van der Waals surface area contributed by atoms with Crippen molar-refractivity contribution in [1.29, 1.82) is 0 Å². The predicted molar refractivity (Wildman–Crippen MR) is 101 cm³/mol. The zero-order valence-corrected chi connectivity index (χ0v) is 17.7. The fraction of sp³-hybridized carbons (Fsp3) is 0.500. The van der Waals surface area contributed by atoms with Crippen molar-refractivity contribution in [3.63, 3.8) is 0 Å². The van der Waals surface area contributed by atoms with Crippen molar-refractivity contribution in [2.24, 2.45) is 5.92 Å². The van der Waals surface area contributed by atoms with E-state index in [1.54, 1.807) is 46.8 Å². The highest BCUT2D eigenvalue weighted by Crippen LogP contribution is 2.16. The first-order chi connectivity index (χ1) is 11.8. The highest BCUT2D eigenvalue weighted by Gasteiger charge is 2.29. The number of rotatable bonds is 5. The molecule has 146 valence electrons. The minimum Gasteiger partial charge on any atom is -0.443 e. The number of amides is 2. The topological polar surface area (TPSA) is 114 Å². The van der Waals surface area contributed by atoms with E-state index >= 15 is 0 Å². The molecule has 0 heterocycles. The number of halogens is 1. The van der Waals surface area contributed by atoms with Gasteiger partial charge in [-0.25, -0.2) is 18.6 Å². The zero-order valence-electron chi connectivity index (χ0n) is 15.3. The molecule has 1 aromatic carbocycles. The monoisotopic (exact) mass is 449 g/mol. The fourth-order valence-electron chi connectivity index (χ4n) is 1.84. The second-order valence-corrected chi connectivity index (χ2v) is 9.54. The van der Waals surface area contributed by atoms with Gasteiger partial charge in [0.15, 0.2) is 0 Å². The van der Waals surface area contributed by atoms with Crippen molar-refractivity contribution in [2.75, 3.05) is 0 Å². The molecule has 1 rings (SSSR count). The van der Waals surface area contributed by atoms with E-state index in [0.29, 0.717) is 0 Å². The van der Waals surface area contributed by atoms with Crippen LogP contribution in [0.25, 0.3) is 0 Å². The maximum absolute atomic E-state index is 12.5. The van der Waals surface area contributed by atoms with Gasteiger partial charge >= 0.3 is 6.09 Å². The Hall–Kier alpha value is -1.65. The van der Waals surface area contributed by atoms with Gasteiger partial charge in [-0.1, -0.05) is 29.8 Å². The summed E-state index contributed by atoms with van der Waals surface area (Å²) >= 11 is 3.23. The first-order valence-electron chi connectivity index (χ1n) is 7.88. The normalized spacial score (nSPS) is 13.2. The van der Waals surface area contributed by atoms with Crippen LogP contribution < -0.4 is 15.6 Å². The molecule has 0 aromatic heterocycles. The Bertz CT molecular complexity index is 742. The maximum atomic E-state index is 12.5. The van der Waals surface area contributed by atoms with Crippen LogP contribution >= 0.6 is 15.9 Å². The molecule has 8 nitrogen and oxygen atoms in total. The van der Waals surface area contributed by atoms with E-state index in [1.807, 2.05) is 0 Å². The fourth-order valence-corrected chi connectivity index (χ4v) is 3.44. The zero-order chi connectivity index (χ0) is 20.1. The van der Waals surface area contributed by atoms with Gasteiger partial charge in [0.2, 0.25) is 10.0 Å². The van der Waals surface area contributed by atoms with Crippen molar-refractivity contribution < 1.29 is 22.7 Å². The lowest BCUT2D eigenvalue weighted by Gasteiger charge is -2.23. The molecule has 0 saturated carbocycles. The van der Waals surface area contributed by atoms with Crippen molar-refractivity contribution in [1.82, 2.24) is 15.6 Å². The smallest absolute Gasteiger partial charge is 0.426 e. The third-order valence-corrected chi connectivity index (χ3v) is 5.03. The average Bonchev–Trinajstić information content (AvgIpc) is 2.49. The van der Waals surface area contributed by atoms with Gasteiger partial charge in [-0.05, 0) is 51.0 Å². The SMILES string of the molecule is CC(C)[C@@H](NS(=O)(=O)c1ccc(Br)cc1)C(=O)NNC(=O)OC(C)(C)C. The van der Waals surface area contributed by atoms with Gasteiger partial charge < -0.3 is 4.74 Å². The Morgan fingerprint density at radius 2 is 1.62 bits per heavy atom. The molecule has 0 spiro atoms. The molecule has 0 radical (unpaired) electrons. The quantitative estimate of drug-likeness (QED) is 0.596. The van der Waals surface area contributed by atoms with Gasteiger partial charge in [-0.15, -0.1) is 0 Å². The summed E-state index contributed by atoms with van der Waals surface area (Å²) in [7, 11) is -3.91. The molecular weight excluding hydrogens is 426 g/mol. The first-order valence-corrected chi connectivity index (χ1v) is 10.2. The van der Waals surface area contributed by atoms with Gasteiger partial charge in [-0.3, -0.25) is 10.2 Å². The van der Waals surface area contributed by atoms with E-state index < -0.39 is 33.7 Å². The summed E-state index contributed by atoms with van der Waals surface area (Å²) in [5, 5.41) is 0. The molecule has 0 aliphatic rings. The molecule has 3 N–H and O–H groups in total. The van der Waals surface area contributed by atoms with Crippen LogP contribution in [0.4, 0.5) is 4.79 Å². The molecule has 26 heavy (non-hydrogen) atoms. The van der Waals surface area contributed by atoms with Crippen LogP contribution in [0.5, 0.6) is 0 Å². The Balaban J connectivity index is 2.80. The molecule has 0 aliphatic carbocycles. The molecule has 0 unspecified atom stereocenters. The second-order valence-electron chi connectivity index (χ2n) is 6.91. The Labute approximate surface area is 162 Å². The minimum absolute atomic E-state index is 0.0271. The van der Waals surface area contributed by atoms with Crippen molar-refractivity contribution in [2.45, 2.75) is 51.2 Å². The van der Waals surface area contributed by atoms with Crippen LogP contribution in [0.15, 0.2) is 33.6 Å². The van der Waals surface area contributed by atoms with Crippen LogP contribution in [-0.2, 0) is 19.6 Å². The lowest BCUT2D eigenvalue weighted by Crippen LogP contribution is -2.54. The molecule has 2 amide bonds. The lowest BCUT2D eigenvalue weighted by molar-refractivity contribution is -0.124. The van der Waals surface area contributed by atoms with Gasteiger partial charge in [0.1, 0.15) is 11.6 Å². The third-order valence-electron chi connectivity index (χ3n) is 3.04. The van der Waals surface area contributed by atoms with Crippen LogP contribution in [0.3, 0.4) is 0 Å². The molecule has 0 aliphatic heterocycles.